The molecule has 0 amide bonds. The smallest absolute Gasteiger partial charge is 0.207 e. The molecule has 1 aliphatic heterocycles. The maximum atomic E-state index is 6.11. The lowest BCUT2D eigenvalue weighted by atomic mass is 10.0. The maximum Gasteiger partial charge on any atom is 0.207 e. The van der Waals surface area contributed by atoms with Gasteiger partial charge in [0, 0.05) is 22.4 Å². The van der Waals surface area contributed by atoms with Crippen molar-refractivity contribution in [3.63, 3.8) is 0 Å². The number of thiazole rings is 1. The van der Waals surface area contributed by atoms with E-state index in [0.717, 1.165) is 39.3 Å². The second-order valence-electron chi connectivity index (χ2n) is 6.88. The molecule has 1 aliphatic rings. The number of ether oxygens (including phenoxy) is 1. The van der Waals surface area contributed by atoms with Gasteiger partial charge in [-0.2, -0.15) is 5.10 Å². The van der Waals surface area contributed by atoms with Gasteiger partial charge in [-0.3, -0.25) is 0 Å². The predicted molar refractivity (Wildman–Crippen MR) is 126 cm³/mol. The second-order valence-corrected chi connectivity index (χ2v) is 9.10. The minimum atomic E-state index is 0.0919. The van der Waals surface area contributed by atoms with E-state index in [9.17, 15) is 0 Å². The van der Waals surface area contributed by atoms with Gasteiger partial charge in [0.05, 0.1) is 29.4 Å². The van der Waals surface area contributed by atoms with Gasteiger partial charge in [0.15, 0.2) is 0 Å². The lowest BCUT2D eigenvalue weighted by Crippen LogP contribution is -2.18. The van der Waals surface area contributed by atoms with Crippen molar-refractivity contribution in [2.45, 2.75) is 12.5 Å². The number of halogens is 1. The van der Waals surface area contributed by atoms with Crippen LogP contribution in [0.4, 0.5) is 5.13 Å². The van der Waals surface area contributed by atoms with Crippen LogP contribution in [0.5, 0.6) is 5.75 Å². The fourth-order valence-electron chi connectivity index (χ4n) is 3.49. The first-order valence-electron chi connectivity index (χ1n) is 9.47. The number of hydrogen-bond donors (Lipinski definition) is 0. The fourth-order valence-corrected chi connectivity index (χ4v) is 5.17. The van der Waals surface area contributed by atoms with Crippen molar-refractivity contribution in [1.29, 1.82) is 0 Å². The van der Waals surface area contributed by atoms with E-state index >= 15 is 0 Å². The highest BCUT2D eigenvalue weighted by atomic mass is 35.5. The van der Waals surface area contributed by atoms with Crippen molar-refractivity contribution in [3.05, 3.63) is 86.9 Å². The second kappa shape index (κ2) is 8.22. The van der Waals surface area contributed by atoms with E-state index in [1.54, 1.807) is 29.8 Å². The highest BCUT2D eigenvalue weighted by Crippen LogP contribution is 2.40. The first kappa shape index (κ1) is 19.3. The van der Waals surface area contributed by atoms with Crippen molar-refractivity contribution in [2.75, 3.05) is 12.1 Å². The summed E-state index contributed by atoms with van der Waals surface area (Å²) in [5.74, 6) is 0.835. The lowest BCUT2D eigenvalue weighted by molar-refractivity contribution is 0.415. The molecule has 5 rings (SSSR count). The normalized spacial score (nSPS) is 16.0. The molecule has 0 saturated heterocycles. The molecule has 0 unspecified atom stereocenters. The number of hydrogen-bond acceptors (Lipinski definition) is 6. The summed E-state index contributed by atoms with van der Waals surface area (Å²) in [6, 6.07) is 20.2. The number of nitrogens with zero attached hydrogens (tertiary/aromatic N) is 3. The molecule has 4 aromatic rings. The molecular formula is C23H18ClN3OS2. The van der Waals surface area contributed by atoms with Crippen molar-refractivity contribution in [1.82, 2.24) is 4.98 Å². The predicted octanol–water partition coefficient (Wildman–Crippen LogP) is 6.89. The molecule has 2 aromatic carbocycles. The van der Waals surface area contributed by atoms with Crippen LogP contribution in [0.1, 0.15) is 22.9 Å². The molecule has 0 bridgehead atoms. The van der Waals surface area contributed by atoms with E-state index in [-0.39, 0.29) is 6.04 Å². The summed E-state index contributed by atoms with van der Waals surface area (Å²) in [4.78, 5) is 6.10. The van der Waals surface area contributed by atoms with Crippen LogP contribution in [-0.2, 0) is 0 Å². The first-order valence-corrected chi connectivity index (χ1v) is 11.6. The van der Waals surface area contributed by atoms with Crippen molar-refractivity contribution in [3.8, 4) is 17.0 Å². The number of thiophene rings is 1. The highest BCUT2D eigenvalue weighted by Gasteiger charge is 2.32. The van der Waals surface area contributed by atoms with Gasteiger partial charge in [0.1, 0.15) is 5.75 Å². The van der Waals surface area contributed by atoms with Crippen LogP contribution >= 0.6 is 34.3 Å². The Morgan fingerprint density at radius 1 is 1.03 bits per heavy atom. The Bertz CT molecular complexity index is 1170. The van der Waals surface area contributed by atoms with Gasteiger partial charge in [0.2, 0.25) is 5.13 Å². The summed E-state index contributed by atoms with van der Waals surface area (Å²) >= 11 is 9.44. The standard InChI is InChI=1S/C23H18ClN3OS2/c1-28-18-10-6-15(7-11-18)20-14-30-23(25-20)27-21(16-4-8-17(24)9-5-16)13-19(26-27)22-3-2-12-29-22/h2-12,14,21H,13H2,1H3/t21-/m0/s1. The summed E-state index contributed by atoms with van der Waals surface area (Å²) in [5.41, 5.74) is 4.26. The zero-order valence-electron chi connectivity index (χ0n) is 16.2. The molecule has 2 aromatic heterocycles. The van der Waals surface area contributed by atoms with Gasteiger partial charge < -0.3 is 4.74 Å². The van der Waals surface area contributed by atoms with Gasteiger partial charge >= 0.3 is 0 Å². The van der Waals surface area contributed by atoms with Gasteiger partial charge in [0.25, 0.3) is 0 Å². The number of benzene rings is 2. The average Bonchev–Trinajstić information content (AvgIpc) is 3.54. The van der Waals surface area contributed by atoms with Gasteiger partial charge in [-0.05, 0) is 53.4 Å². The van der Waals surface area contributed by atoms with Crippen LogP contribution in [0, 0.1) is 0 Å². The molecule has 0 N–H and O–H groups in total. The van der Waals surface area contributed by atoms with Gasteiger partial charge in [-0.1, -0.05) is 29.8 Å². The monoisotopic (exact) mass is 451 g/mol. The zero-order valence-corrected chi connectivity index (χ0v) is 18.5. The minimum Gasteiger partial charge on any atom is -0.497 e. The summed E-state index contributed by atoms with van der Waals surface area (Å²) < 4.78 is 5.26. The largest absolute Gasteiger partial charge is 0.497 e. The highest BCUT2D eigenvalue weighted by molar-refractivity contribution is 7.14. The van der Waals surface area contributed by atoms with E-state index in [0.29, 0.717) is 0 Å². The fraction of sp³-hybridized carbons (Fsp3) is 0.130. The van der Waals surface area contributed by atoms with E-state index < -0.39 is 0 Å². The van der Waals surface area contributed by atoms with Gasteiger partial charge in [-0.25, -0.2) is 9.99 Å². The van der Waals surface area contributed by atoms with Crippen LogP contribution in [0.3, 0.4) is 0 Å². The Morgan fingerprint density at radius 2 is 1.83 bits per heavy atom. The molecule has 150 valence electrons. The lowest BCUT2D eigenvalue weighted by Gasteiger charge is -2.21. The number of anilines is 1. The van der Waals surface area contributed by atoms with Crippen LogP contribution < -0.4 is 9.75 Å². The zero-order chi connectivity index (χ0) is 20.5. The number of aromatic nitrogens is 1. The molecule has 0 saturated carbocycles. The molecular weight excluding hydrogens is 434 g/mol. The van der Waals surface area contributed by atoms with Crippen molar-refractivity contribution >= 4 is 45.1 Å². The third kappa shape index (κ3) is 3.74. The van der Waals surface area contributed by atoms with E-state index in [1.807, 2.05) is 36.4 Å². The molecule has 30 heavy (non-hydrogen) atoms. The Morgan fingerprint density at radius 3 is 2.53 bits per heavy atom. The molecule has 4 nitrogen and oxygen atoms in total. The number of methoxy groups -OCH3 is 1. The topological polar surface area (TPSA) is 37.7 Å². The molecule has 0 radical (unpaired) electrons. The van der Waals surface area contributed by atoms with Gasteiger partial charge in [-0.15, -0.1) is 22.7 Å². The average molecular weight is 452 g/mol. The Labute approximate surface area is 188 Å². The minimum absolute atomic E-state index is 0.0919. The summed E-state index contributed by atoms with van der Waals surface area (Å²) in [5, 5.41) is 12.8. The Balaban J connectivity index is 1.50. The molecule has 1 atom stereocenters. The molecule has 7 heteroatoms. The van der Waals surface area contributed by atoms with E-state index in [2.05, 4.69) is 40.0 Å². The van der Waals surface area contributed by atoms with Crippen LogP contribution in [0.2, 0.25) is 5.02 Å². The molecule has 0 spiro atoms. The number of hydrazone groups is 1. The van der Waals surface area contributed by atoms with Crippen LogP contribution in [0.15, 0.2) is 76.5 Å². The molecule has 3 heterocycles. The SMILES string of the molecule is COc1ccc(-c2csc(N3N=C(c4cccs4)C[C@H]3c3ccc(Cl)cc3)n2)cc1. The molecule has 0 aliphatic carbocycles. The maximum absolute atomic E-state index is 6.11. The quantitative estimate of drug-likeness (QED) is 0.331. The summed E-state index contributed by atoms with van der Waals surface area (Å²) in [6.07, 6.45) is 0.833. The number of rotatable bonds is 5. The third-order valence-electron chi connectivity index (χ3n) is 5.04. The first-order chi connectivity index (χ1) is 14.7. The van der Waals surface area contributed by atoms with Crippen LogP contribution in [0.25, 0.3) is 11.3 Å². The van der Waals surface area contributed by atoms with E-state index in [4.69, 9.17) is 26.4 Å². The summed E-state index contributed by atoms with van der Waals surface area (Å²) in [6.45, 7) is 0. The van der Waals surface area contributed by atoms with Crippen LogP contribution in [-0.4, -0.2) is 17.8 Å². The third-order valence-corrected chi connectivity index (χ3v) is 7.05. The van der Waals surface area contributed by atoms with Crippen molar-refractivity contribution in [2.24, 2.45) is 5.10 Å². The Hall–Kier alpha value is -2.67. The Kier molecular flexibility index (Phi) is 5.29. The van der Waals surface area contributed by atoms with Crippen molar-refractivity contribution < 1.29 is 4.74 Å². The summed E-state index contributed by atoms with van der Waals surface area (Å²) in [7, 11) is 1.67. The van der Waals surface area contributed by atoms with E-state index in [1.165, 1.54) is 10.4 Å². The molecule has 0 fully saturated rings.